The lowest BCUT2D eigenvalue weighted by Crippen LogP contribution is -2.23. The Morgan fingerprint density at radius 2 is 2.07 bits per heavy atom. The molecule has 0 saturated carbocycles. The average Bonchev–Trinajstić information content (AvgIpc) is 2.17. The molecule has 0 aliphatic heterocycles. The molecule has 1 aromatic rings. The fraction of sp³-hybridized carbons (Fsp3) is 0.538. The Bertz CT molecular complexity index is 309. The summed E-state index contributed by atoms with van der Waals surface area (Å²) in [6.45, 7) is 8.13. The summed E-state index contributed by atoms with van der Waals surface area (Å²) in [5.74, 6) is 0. The first kappa shape index (κ1) is 12.2. The van der Waals surface area contributed by atoms with E-state index in [4.69, 9.17) is 4.74 Å². The third-order valence-electron chi connectivity index (χ3n) is 2.65. The maximum atomic E-state index is 5.01. The van der Waals surface area contributed by atoms with Gasteiger partial charge in [0.05, 0.1) is 6.61 Å². The molecule has 1 aromatic carbocycles. The molecule has 1 N–H and O–H groups in total. The molecule has 0 saturated heterocycles. The van der Waals surface area contributed by atoms with Gasteiger partial charge < -0.3 is 10.1 Å². The molecule has 15 heavy (non-hydrogen) atoms. The largest absolute Gasteiger partial charge is 0.383 e. The second-order valence-electron chi connectivity index (χ2n) is 4.03. The Morgan fingerprint density at radius 1 is 1.33 bits per heavy atom. The van der Waals surface area contributed by atoms with E-state index in [1.54, 1.807) is 7.11 Å². The van der Waals surface area contributed by atoms with Crippen LogP contribution in [0.4, 0.5) is 0 Å². The van der Waals surface area contributed by atoms with E-state index in [-0.39, 0.29) is 0 Å². The smallest absolute Gasteiger partial charge is 0.0587 e. The topological polar surface area (TPSA) is 21.3 Å². The van der Waals surface area contributed by atoms with Crippen LogP contribution in [0, 0.1) is 13.8 Å². The number of aryl methyl sites for hydroxylation is 2. The molecular weight excluding hydrogens is 186 g/mol. The van der Waals surface area contributed by atoms with Gasteiger partial charge in [-0.1, -0.05) is 23.8 Å². The van der Waals surface area contributed by atoms with Crippen LogP contribution in [0.15, 0.2) is 18.2 Å². The molecule has 0 aliphatic carbocycles. The zero-order valence-corrected chi connectivity index (χ0v) is 10.1. The van der Waals surface area contributed by atoms with Gasteiger partial charge in [0.1, 0.15) is 0 Å². The van der Waals surface area contributed by atoms with Crippen molar-refractivity contribution in [3.05, 3.63) is 34.9 Å². The fourth-order valence-electron chi connectivity index (χ4n) is 1.80. The number of benzene rings is 1. The molecule has 1 rings (SSSR count). The van der Waals surface area contributed by atoms with Gasteiger partial charge in [0.2, 0.25) is 0 Å². The quantitative estimate of drug-likeness (QED) is 0.749. The second kappa shape index (κ2) is 5.89. The van der Waals surface area contributed by atoms with Gasteiger partial charge in [-0.2, -0.15) is 0 Å². The first-order valence-electron chi connectivity index (χ1n) is 5.44. The van der Waals surface area contributed by atoms with Crippen molar-refractivity contribution >= 4 is 0 Å². The van der Waals surface area contributed by atoms with Crippen LogP contribution in [-0.4, -0.2) is 20.3 Å². The minimum absolute atomic E-state index is 0.390. The van der Waals surface area contributed by atoms with Crippen molar-refractivity contribution < 1.29 is 4.74 Å². The molecule has 84 valence electrons. The normalized spacial score (nSPS) is 12.8. The van der Waals surface area contributed by atoms with Crippen molar-refractivity contribution in [2.75, 3.05) is 20.3 Å². The maximum absolute atomic E-state index is 5.01. The van der Waals surface area contributed by atoms with Crippen LogP contribution in [0.2, 0.25) is 0 Å². The van der Waals surface area contributed by atoms with E-state index >= 15 is 0 Å². The maximum Gasteiger partial charge on any atom is 0.0587 e. The second-order valence-corrected chi connectivity index (χ2v) is 4.03. The first-order valence-corrected chi connectivity index (χ1v) is 5.44. The highest BCUT2D eigenvalue weighted by atomic mass is 16.5. The summed E-state index contributed by atoms with van der Waals surface area (Å²) in [6, 6.07) is 6.98. The van der Waals surface area contributed by atoms with Crippen molar-refractivity contribution in [2.24, 2.45) is 0 Å². The predicted molar refractivity (Wildman–Crippen MR) is 64.2 cm³/mol. The van der Waals surface area contributed by atoms with Crippen molar-refractivity contribution in [2.45, 2.75) is 26.8 Å². The highest BCUT2D eigenvalue weighted by molar-refractivity contribution is 5.32. The third kappa shape index (κ3) is 3.65. The van der Waals surface area contributed by atoms with Crippen molar-refractivity contribution in [1.82, 2.24) is 5.32 Å². The van der Waals surface area contributed by atoms with Gasteiger partial charge in [-0.25, -0.2) is 0 Å². The Labute approximate surface area is 92.6 Å². The molecule has 1 atom stereocenters. The standard InChI is InChI=1S/C13H21NO/c1-10-5-6-13(11(2)9-10)12(3)14-7-8-15-4/h5-6,9,12,14H,7-8H2,1-4H3/t12-/m0/s1. The van der Waals surface area contributed by atoms with E-state index in [2.05, 4.69) is 44.3 Å². The van der Waals surface area contributed by atoms with Crippen LogP contribution >= 0.6 is 0 Å². The molecule has 0 fully saturated rings. The van der Waals surface area contributed by atoms with Crippen molar-refractivity contribution in [3.63, 3.8) is 0 Å². The van der Waals surface area contributed by atoms with Crippen LogP contribution in [0.25, 0.3) is 0 Å². The number of hydrogen-bond donors (Lipinski definition) is 1. The number of nitrogens with one attached hydrogen (secondary N) is 1. The molecule has 0 aromatic heterocycles. The number of hydrogen-bond acceptors (Lipinski definition) is 2. The lowest BCUT2D eigenvalue weighted by atomic mass is 10.0. The fourth-order valence-corrected chi connectivity index (χ4v) is 1.80. The summed E-state index contributed by atoms with van der Waals surface area (Å²) in [7, 11) is 1.73. The molecule has 0 heterocycles. The molecular formula is C13H21NO. The highest BCUT2D eigenvalue weighted by Gasteiger charge is 2.06. The average molecular weight is 207 g/mol. The summed E-state index contributed by atoms with van der Waals surface area (Å²) in [5.41, 5.74) is 4.05. The summed E-state index contributed by atoms with van der Waals surface area (Å²) >= 11 is 0. The summed E-state index contributed by atoms with van der Waals surface area (Å²) in [4.78, 5) is 0. The van der Waals surface area contributed by atoms with Crippen LogP contribution in [0.3, 0.4) is 0 Å². The van der Waals surface area contributed by atoms with Gasteiger partial charge >= 0.3 is 0 Å². The summed E-state index contributed by atoms with van der Waals surface area (Å²) in [6.07, 6.45) is 0. The summed E-state index contributed by atoms with van der Waals surface area (Å²) in [5, 5.41) is 3.44. The number of ether oxygens (including phenoxy) is 1. The molecule has 0 unspecified atom stereocenters. The zero-order valence-electron chi connectivity index (χ0n) is 10.1. The SMILES string of the molecule is COCCN[C@@H](C)c1ccc(C)cc1C. The third-order valence-corrected chi connectivity index (χ3v) is 2.65. The Hall–Kier alpha value is -0.860. The molecule has 0 bridgehead atoms. The van der Waals surface area contributed by atoms with E-state index in [1.165, 1.54) is 16.7 Å². The number of methoxy groups -OCH3 is 1. The van der Waals surface area contributed by atoms with Crippen LogP contribution in [-0.2, 0) is 4.74 Å². The highest BCUT2D eigenvalue weighted by Crippen LogP contribution is 2.18. The minimum Gasteiger partial charge on any atom is -0.383 e. The van der Waals surface area contributed by atoms with Gasteiger partial charge in [-0.05, 0) is 31.9 Å². The van der Waals surface area contributed by atoms with E-state index in [0.717, 1.165) is 13.2 Å². The first-order chi connectivity index (χ1) is 7.15. The lowest BCUT2D eigenvalue weighted by Gasteiger charge is -2.16. The summed E-state index contributed by atoms with van der Waals surface area (Å²) < 4.78 is 5.01. The lowest BCUT2D eigenvalue weighted by molar-refractivity contribution is 0.196. The van der Waals surface area contributed by atoms with Crippen molar-refractivity contribution in [1.29, 1.82) is 0 Å². The van der Waals surface area contributed by atoms with Gasteiger partial charge in [-0.15, -0.1) is 0 Å². The van der Waals surface area contributed by atoms with Crippen molar-refractivity contribution in [3.8, 4) is 0 Å². The number of rotatable bonds is 5. The van der Waals surface area contributed by atoms with Crippen LogP contribution in [0.1, 0.15) is 29.7 Å². The Balaban J connectivity index is 2.61. The van der Waals surface area contributed by atoms with Gasteiger partial charge in [0, 0.05) is 19.7 Å². The van der Waals surface area contributed by atoms with Gasteiger partial charge in [-0.3, -0.25) is 0 Å². The van der Waals surface area contributed by atoms with E-state index in [9.17, 15) is 0 Å². The van der Waals surface area contributed by atoms with E-state index in [0.29, 0.717) is 6.04 Å². The van der Waals surface area contributed by atoms with Gasteiger partial charge in [0.15, 0.2) is 0 Å². The van der Waals surface area contributed by atoms with E-state index < -0.39 is 0 Å². The molecule has 0 aliphatic rings. The minimum atomic E-state index is 0.390. The monoisotopic (exact) mass is 207 g/mol. The molecule has 2 heteroatoms. The predicted octanol–water partition coefficient (Wildman–Crippen LogP) is 2.60. The molecule has 0 spiro atoms. The zero-order chi connectivity index (χ0) is 11.3. The Morgan fingerprint density at radius 3 is 2.67 bits per heavy atom. The van der Waals surface area contributed by atoms with Crippen LogP contribution < -0.4 is 5.32 Å². The van der Waals surface area contributed by atoms with Gasteiger partial charge in [0.25, 0.3) is 0 Å². The van der Waals surface area contributed by atoms with Crippen LogP contribution in [0.5, 0.6) is 0 Å². The van der Waals surface area contributed by atoms with E-state index in [1.807, 2.05) is 0 Å². The molecule has 0 radical (unpaired) electrons. The molecule has 2 nitrogen and oxygen atoms in total. The Kier molecular flexibility index (Phi) is 4.79. The molecule has 0 amide bonds.